The van der Waals surface area contributed by atoms with E-state index in [1.54, 1.807) is 0 Å². The number of rotatable bonds is 4. The van der Waals surface area contributed by atoms with Gasteiger partial charge in [0.2, 0.25) is 0 Å². The van der Waals surface area contributed by atoms with Crippen LogP contribution in [0.25, 0.3) is 0 Å². The number of carbonyl (C=O) groups is 1. The number of hydrogen-bond acceptors (Lipinski definition) is 4. The van der Waals surface area contributed by atoms with Crippen LogP contribution in [0.15, 0.2) is 24.3 Å². The number of carbonyl (C=O) groups excluding carboxylic acids is 1. The Bertz CT molecular complexity index is 627. The maximum Gasteiger partial charge on any atom is 0.269 e. The molecule has 0 unspecified atom stereocenters. The highest BCUT2D eigenvalue weighted by molar-refractivity contribution is 5.94. The summed E-state index contributed by atoms with van der Waals surface area (Å²) in [6.45, 7) is 0. The van der Waals surface area contributed by atoms with Gasteiger partial charge >= 0.3 is 0 Å². The van der Waals surface area contributed by atoms with E-state index in [0.717, 1.165) is 18.9 Å². The number of fused-ring (bicyclic) bond motifs is 2. The third-order valence-corrected chi connectivity index (χ3v) is 5.68. The van der Waals surface area contributed by atoms with Crippen molar-refractivity contribution in [2.75, 3.05) is 0 Å². The molecular formula is C18H23N3O3. The monoisotopic (exact) mass is 329 g/mol. The highest BCUT2D eigenvalue weighted by Gasteiger charge is 2.45. The first-order valence-electron chi connectivity index (χ1n) is 8.94. The van der Waals surface area contributed by atoms with Crippen LogP contribution in [0.2, 0.25) is 0 Å². The first kappa shape index (κ1) is 15.6. The second-order valence-corrected chi connectivity index (χ2v) is 7.36. The van der Waals surface area contributed by atoms with Gasteiger partial charge in [0.25, 0.3) is 11.6 Å². The van der Waals surface area contributed by atoms with Crippen molar-refractivity contribution < 1.29 is 9.72 Å². The van der Waals surface area contributed by atoms with Crippen LogP contribution in [0.3, 0.4) is 0 Å². The molecule has 2 aliphatic heterocycles. The quantitative estimate of drug-likeness (QED) is 0.681. The zero-order chi connectivity index (χ0) is 16.7. The molecule has 6 nitrogen and oxygen atoms in total. The molecule has 2 heterocycles. The predicted octanol–water partition coefficient (Wildman–Crippen LogP) is 2.87. The van der Waals surface area contributed by atoms with Gasteiger partial charge in [0.15, 0.2) is 0 Å². The third kappa shape index (κ3) is 3.02. The second kappa shape index (κ2) is 6.16. The van der Waals surface area contributed by atoms with Gasteiger partial charge in [-0.1, -0.05) is 6.42 Å². The Labute approximate surface area is 141 Å². The molecule has 0 spiro atoms. The fraction of sp³-hybridized carbons (Fsp3) is 0.611. The van der Waals surface area contributed by atoms with E-state index in [-0.39, 0.29) is 17.6 Å². The Hall–Kier alpha value is -1.95. The molecule has 0 radical (unpaired) electrons. The molecule has 1 aliphatic carbocycles. The van der Waals surface area contributed by atoms with Crippen molar-refractivity contribution in [2.45, 2.75) is 69.1 Å². The molecule has 1 aromatic carbocycles. The van der Waals surface area contributed by atoms with E-state index >= 15 is 0 Å². The topological polar surface area (TPSA) is 75.5 Å². The molecule has 1 amide bonds. The molecule has 6 heteroatoms. The molecule has 2 bridgehead atoms. The van der Waals surface area contributed by atoms with Crippen molar-refractivity contribution in [2.24, 2.45) is 0 Å². The van der Waals surface area contributed by atoms with E-state index < -0.39 is 4.92 Å². The molecule has 1 aromatic rings. The number of piperidine rings is 2. The summed E-state index contributed by atoms with van der Waals surface area (Å²) in [6, 6.07) is 8.10. The van der Waals surface area contributed by atoms with Gasteiger partial charge in [-0.2, -0.15) is 0 Å². The van der Waals surface area contributed by atoms with Gasteiger partial charge in [-0.3, -0.25) is 19.8 Å². The lowest BCUT2D eigenvalue weighted by Gasteiger charge is -2.49. The fourth-order valence-electron chi connectivity index (χ4n) is 4.51. The summed E-state index contributed by atoms with van der Waals surface area (Å²) in [5.74, 6) is -0.118. The van der Waals surface area contributed by atoms with Crippen LogP contribution in [0.1, 0.15) is 55.3 Å². The summed E-state index contributed by atoms with van der Waals surface area (Å²) >= 11 is 0. The van der Waals surface area contributed by atoms with E-state index in [1.807, 2.05) is 0 Å². The van der Waals surface area contributed by atoms with E-state index in [1.165, 1.54) is 56.4 Å². The van der Waals surface area contributed by atoms with Crippen LogP contribution >= 0.6 is 0 Å². The molecule has 3 fully saturated rings. The van der Waals surface area contributed by atoms with Crippen LogP contribution < -0.4 is 5.32 Å². The number of amides is 1. The van der Waals surface area contributed by atoms with E-state index in [9.17, 15) is 14.9 Å². The lowest BCUT2D eigenvalue weighted by Crippen LogP contribution is -2.57. The molecule has 128 valence electrons. The number of nitrogens with one attached hydrogen (secondary N) is 1. The highest BCUT2D eigenvalue weighted by atomic mass is 16.6. The van der Waals surface area contributed by atoms with Crippen molar-refractivity contribution in [1.82, 2.24) is 10.2 Å². The predicted molar refractivity (Wildman–Crippen MR) is 89.9 cm³/mol. The Kier molecular flexibility index (Phi) is 4.00. The standard InChI is InChI=1S/C18H23N3O3/c22-18(12-4-6-15(7-5-12)21(23)24)19-13-10-16-2-1-3-17(11-13)20(16)14-8-9-14/h4-7,13-14,16-17H,1-3,8-11H2,(H,19,22)/t16-,17-/m1/s1. The molecule has 1 N–H and O–H groups in total. The van der Waals surface area contributed by atoms with Crippen LogP contribution in [-0.4, -0.2) is 39.9 Å². The SMILES string of the molecule is O=C(NC1C[C@H]2CCC[C@H](C1)N2C1CC1)c1ccc([N+](=O)[O-])cc1. The van der Waals surface area contributed by atoms with Gasteiger partial charge in [0.05, 0.1) is 4.92 Å². The molecule has 3 aliphatic rings. The first-order chi connectivity index (χ1) is 11.6. The summed E-state index contributed by atoms with van der Waals surface area (Å²) in [5, 5.41) is 13.9. The zero-order valence-corrected chi connectivity index (χ0v) is 13.7. The Morgan fingerprint density at radius 2 is 1.67 bits per heavy atom. The summed E-state index contributed by atoms with van der Waals surface area (Å²) in [4.78, 5) is 25.4. The molecule has 4 rings (SSSR count). The average Bonchev–Trinajstić information content (AvgIpc) is 3.39. The number of non-ortho nitro benzene ring substituents is 1. The van der Waals surface area contributed by atoms with Gasteiger partial charge in [0, 0.05) is 41.9 Å². The molecule has 1 saturated carbocycles. The van der Waals surface area contributed by atoms with Crippen LogP contribution in [0, 0.1) is 10.1 Å². The van der Waals surface area contributed by atoms with Crippen molar-refractivity contribution >= 4 is 11.6 Å². The maximum atomic E-state index is 12.4. The maximum absolute atomic E-state index is 12.4. The van der Waals surface area contributed by atoms with Crippen LogP contribution in [0.5, 0.6) is 0 Å². The van der Waals surface area contributed by atoms with Gasteiger partial charge in [-0.25, -0.2) is 0 Å². The minimum atomic E-state index is -0.448. The zero-order valence-electron chi connectivity index (χ0n) is 13.7. The van der Waals surface area contributed by atoms with E-state index in [4.69, 9.17) is 0 Å². The molecular weight excluding hydrogens is 306 g/mol. The molecule has 2 saturated heterocycles. The largest absolute Gasteiger partial charge is 0.349 e. The van der Waals surface area contributed by atoms with Crippen molar-refractivity contribution in [3.8, 4) is 0 Å². The normalized spacial score (nSPS) is 29.9. The number of benzene rings is 1. The second-order valence-electron chi connectivity index (χ2n) is 7.36. The van der Waals surface area contributed by atoms with Crippen molar-refractivity contribution in [3.05, 3.63) is 39.9 Å². The Morgan fingerprint density at radius 3 is 2.21 bits per heavy atom. The summed E-state index contributed by atoms with van der Waals surface area (Å²) in [7, 11) is 0. The number of nitrogens with zero attached hydrogens (tertiary/aromatic N) is 2. The average molecular weight is 329 g/mol. The summed E-state index contributed by atoms with van der Waals surface area (Å²) in [5.41, 5.74) is 0.509. The van der Waals surface area contributed by atoms with Gasteiger partial charge in [0.1, 0.15) is 0 Å². The first-order valence-corrected chi connectivity index (χ1v) is 8.94. The highest BCUT2D eigenvalue weighted by Crippen LogP contribution is 2.41. The van der Waals surface area contributed by atoms with E-state index in [0.29, 0.717) is 17.6 Å². The lowest BCUT2D eigenvalue weighted by molar-refractivity contribution is -0.384. The minimum absolute atomic E-state index is 0.0128. The Morgan fingerprint density at radius 1 is 1.04 bits per heavy atom. The Balaban J connectivity index is 1.40. The van der Waals surface area contributed by atoms with Gasteiger partial charge in [-0.15, -0.1) is 0 Å². The van der Waals surface area contributed by atoms with Crippen molar-refractivity contribution in [1.29, 1.82) is 0 Å². The van der Waals surface area contributed by atoms with Crippen molar-refractivity contribution in [3.63, 3.8) is 0 Å². The van der Waals surface area contributed by atoms with Gasteiger partial charge < -0.3 is 5.32 Å². The molecule has 0 aromatic heterocycles. The van der Waals surface area contributed by atoms with Gasteiger partial charge in [-0.05, 0) is 50.7 Å². The summed E-state index contributed by atoms with van der Waals surface area (Å²) in [6.07, 6.45) is 8.55. The molecule has 24 heavy (non-hydrogen) atoms. The summed E-state index contributed by atoms with van der Waals surface area (Å²) < 4.78 is 0. The number of hydrogen-bond donors (Lipinski definition) is 1. The number of nitro groups is 1. The fourth-order valence-corrected chi connectivity index (χ4v) is 4.51. The number of nitro benzene ring substituents is 1. The van der Waals surface area contributed by atoms with E-state index in [2.05, 4.69) is 10.2 Å². The van der Waals surface area contributed by atoms with Crippen LogP contribution in [-0.2, 0) is 0 Å². The van der Waals surface area contributed by atoms with Crippen LogP contribution in [0.4, 0.5) is 5.69 Å². The smallest absolute Gasteiger partial charge is 0.269 e. The third-order valence-electron chi connectivity index (χ3n) is 5.68. The lowest BCUT2D eigenvalue weighted by atomic mass is 9.81. The minimum Gasteiger partial charge on any atom is -0.349 e. The molecule has 2 atom stereocenters.